The Balaban J connectivity index is 2.15. The van der Waals surface area contributed by atoms with Crippen molar-refractivity contribution in [1.29, 1.82) is 0 Å². The van der Waals surface area contributed by atoms with Gasteiger partial charge in [0.1, 0.15) is 0 Å². The van der Waals surface area contributed by atoms with Crippen molar-refractivity contribution in [2.75, 3.05) is 10.3 Å². The van der Waals surface area contributed by atoms with Crippen LogP contribution >= 0.6 is 0 Å². The van der Waals surface area contributed by atoms with E-state index in [0.29, 0.717) is 12.4 Å². The van der Waals surface area contributed by atoms with Gasteiger partial charge in [-0.1, -0.05) is 30.3 Å². The smallest absolute Gasteiger partial charge is 0.237 e. The Bertz CT molecular complexity index is 727. The first-order valence-corrected chi connectivity index (χ1v) is 7.17. The number of carbonyl (C=O) groups excluding carboxylic acids is 1. The lowest BCUT2D eigenvalue weighted by Crippen LogP contribution is -2.36. The number of carbonyl (C=O) groups is 1. The molecule has 0 fully saturated rings. The van der Waals surface area contributed by atoms with Crippen molar-refractivity contribution in [3.8, 4) is 0 Å². The molecule has 2 aromatic rings. The van der Waals surface area contributed by atoms with E-state index in [4.69, 9.17) is 5.84 Å². The summed E-state index contributed by atoms with van der Waals surface area (Å²) in [5, 5.41) is 8.20. The normalized spacial score (nSPS) is 15.8. The SMILES string of the molecule is Cc1nnc(NN)c2c1C(C)(C)C(=O)N2Cc1ccccc1. The van der Waals surface area contributed by atoms with Crippen LogP contribution in [0.15, 0.2) is 30.3 Å². The molecule has 3 N–H and O–H groups in total. The second kappa shape index (κ2) is 5.06. The highest BCUT2D eigenvalue weighted by Crippen LogP contribution is 2.46. The summed E-state index contributed by atoms with van der Waals surface area (Å²) in [6.45, 7) is 6.17. The molecule has 0 aliphatic carbocycles. The lowest BCUT2D eigenvalue weighted by molar-refractivity contribution is -0.122. The number of hydrazine groups is 1. The van der Waals surface area contributed by atoms with E-state index in [9.17, 15) is 4.79 Å². The summed E-state index contributed by atoms with van der Waals surface area (Å²) in [4.78, 5) is 14.6. The summed E-state index contributed by atoms with van der Waals surface area (Å²) in [5.74, 6) is 6.03. The highest BCUT2D eigenvalue weighted by atomic mass is 16.2. The van der Waals surface area contributed by atoms with Crippen molar-refractivity contribution in [3.63, 3.8) is 0 Å². The summed E-state index contributed by atoms with van der Waals surface area (Å²) in [5.41, 5.74) is 5.34. The molecule has 0 spiro atoms. The number of hydrogen-bond donors (Lipinski definition) is 2. The number of nitrogens with two attached hydrogens (primary N) is 1. The molecule has 1 aliphatic heterocycles. The van der Waals surface area contributed by atoms with Crippen molar-refractivity contribution < 1.29 is 4.79 Å². The van der Waals surface area contributed by atoms with Gasteiger partial charge in [0.2, 0.25) is 5.91 Å². The molecule has 1 aliphatic rings. The summed E-state index contributed by atoms with van der Waals surface area (Å²) in [6, 6.07) is 9.86. The van der Waals surface area contributed by atoms with E-state index in [1.807, 2.05) is 51.1 Å². The number of fused-ring (bicyclic) bond motifs is 1. The molecule has 2 heterocycles. The van der Waals surface area contributed by atoms with E-state index in [-0.39, 0.29) is 5.91 Å². The number of nitrogens with zero attached hydrogens (tertiary/aromatic N) is 3. The van der Waals surface area contributed by atoms with Crippen molar-refractivity contribution >= 4 is 17.4 Å². The average Bonchev–Trinajstić information content (AvgIpc) is 2.71. The molecule has 0 radical (unpaired) electrons. The molecule has 1 aromatic carbocycles. The summed E-state index contributed by atoms with van der Waals surface area (Å²) in [6.07, 6.45) is 0. The van der Waals surface area contributed by atoms with Gasteiger partial charge in [0.05, 0.1) is 23.3 Å². The molecule has 0 atom stereocenters. The highest BCUT2D eigenvalue weighted by molar-refractivity contribution is 6.10. The molecule has 0 saturated heterocycles. The predicted molar refractivity (Wildman–Crippen MR) is 85.2 cm³/mol. The number of nitrogens with one attached hydrogen (secondary N) is 1. The van der Waals surface area contributed by atoms with Gasteiger partial charge >= 0.3 is 0 Å². The van der Waals surface area contributed by atoms with Crippen LogP contribution in [-0.2, 0) is 16.8 Å². The number of hydrogen-bond acceptors (Lipinski definition) is 5. The van der Waals surface area contributed by atoms with Crippen molar-refractivity contribution in [3.05, 3.63) is 47.2 Å². The fourth-order valence-electron chi connectivity index (χ4n) is 3.08. The molecule has 0 bridgehead atoms. The molecular formula is C16H19N5O. The quantitative estimate of drug-likeness (QED) is 0.667. The van der Waals surface area contributed by atoms with Crippen molar-refractivity contribution in [2.24, 2.45) is 5.84 Å². The van der Waals surface area contributed by atoms with Gasteiger partial charge in [-0.3, -0.25) is 4.79 Å². The molecule has 22 heavy (non-hydrogen) atoms. The zero-order valence-corrected chi connectivity index (χ0v) is 12.9. The molecule has 0 saturated carbocycles. The van der Waals surface area contributed by atoms with Crippen LogP contribution in [0.1, 0.15) is 30.7 Å². The second-order valence-corrected chi connectivity index (χ2v) is 6.00. The molecule has 1 amide bonds. The van der Waals surface area contributed by atoms with E-state index >= 15 is 0 Å². The lowest BCUT2D eigenvalue weighted by atomic mass is 9.85. The van der Waals surface area contributed by atoms with Crippen LogP contribution in [0.3, 0.4) is 0 Å². The Labute approximate surface area is 129 Å². The van der Waals surface area contributed by atoms with Gasteiger partial charge in [-0.2, -0.15) is 5.10 Å². The number of rotatable bonds is 3. The maximum atomic E-state index is 12.9. The van der Waals surface area contributed by atoms with E-state index in [2.05, 4.69) is 15.6 Å². The molecule has 6 nitrogen and oxygen atoms in total. The Morgan fingerprint density at radius 2 is 1.91 bits per heavy atom. The summed E-state index contributed by atoms with van der Waals surface area (Å²) in [7, 11) is 0. The van der Waals surface area contributed by atoms with E-state index < -0.39 is 5.41 Å². The van der Waals surface area contributed by atoms with Crippen LogP contribution in [0.5, 0.6) is 0 Å². The first kappa shape index (κ1) is 14.5. The average molecular weight is 297 g/mol. The summed E-state index contributed by atoms with van der Waals surface area (Å²) < 4.78 is 0. The topological polar surface area (TPSA) is 84.1 Å². The van der Waals surface area contributed by atoms with Crippen LogP contribution in [0, 0.1) is 6.92 Å². The fourth-order valence-corrected chi connectivity index (χ4v) is 3.08. The third-order valence-corrected chi connectivity index (χ3v) is 4.12. The van der Waals surface area contributed by atoms with Crippen LogP contribution in [0.4, 0.5) is 11.5 Å². The van der Waals surface area contributed by atoms with Gasteiger partial charge in [0.15, 0.2) is 5.82 Å². The molecule has 6 heteroatoms. The third-order valence-electron chi connectivity index (χ3n) is 4.12. The first-order valence-electron chi connectivity index (χ1n) is 7.17. The molecule has 0 unspecified atom stereocenters. The van der Waals surface area contributed by atoms with Crippen LogP contribution in [0.2, 0.25) is 0 Å². The number of benzene rings is 1. The van der Waals surface area contributed by atoms with Gasteiger partial charge in [0, 0.05) is 5.56 Å². The van der Waals surface area contributed by atoms with Crippen molar-refractivity contribution in [2.45, 2.75) is 32.7 Å². The van der Waals surface area contributed by atoms with E-state index in [0.717, 1.165) is 22.5 Å². The first-order chi connectivity index (χ1) is 10.5. The van der Waals surface area contributed by atoms with Crippen molar-refractivity contribution in [1.82, 2.24) is 10.2 Å². The van der Waals surface area contributed by atoms with Crippen LogP contribution < -0.4 is 16.2 Å². The minimum absolute atomic E-state index is 0.0285. The van der Waals surface area contributed by atoms with Gasteiger partial charge in [0.25, 0.3) is 0 Å². The van der Waals surface area contributed by atoms with Gasteiger partial charge in [-0.15, -0.1) is 5.10 Å². The molecular weight excluding hydrogens is 278 g/mol. The van der Waals surface area contributed by atoms with Gasteiger partial charge in [-0.05, 0) is 26.3 Å². The Morgan fingerprint density at radius 1 is 1.23 bits per heavy atom. The number of aromatic nitrogens is 2. The lowest BCUT2D eigenvalue weighted by Gasteiger charge is -2.21. The highest BCUT2D eigenvalue weighted by Gasteiger charge is 2.47. The van der Waals surface area contributed by atoms with Gasteiger partial charge in [-0.25, -0.2) is 5.84 Å². The minimum atomic E-state index is -0.643. The largest absolute Gasteiger partial charge is 0.305 e. The standard InChI is InChI=1S/C16H19N5O/c1-10-12-13(14(18-17)20-19-10)21(15(22)16(12,2)3)9-11-7-5-4-6-8-11/h4-8H,9,17H2,1-3H3,(H,18,20). The zero-order valence-electron chi connectivity index (χ0n) is 12.9. The zero-order chi connectivity index (χ0) is 15.9. The summed E-state index contributed by atoms with van der Waals surface area (Å²) >= 11 is 0. The molecule has 3 rings (SSSR count). The number of aryl methyl sites for hydroxylation is 1. The molecule has 1 aromatic heterocycles. The van der Waals surface area contributed by atoms with Crippen LogP contribution in [0.25, 0.3) is 0 Å². The monoisotopic (exact) mass is 297 g/mol. The Kier molecular flexibility index (Phi) is 3.33. The maximum Gasteiger partial charge on any atom is 0.237 e. The number of nitrogen functional groups attached to an aromatic ring is 1. The molecule has 114 valence electrons. The predicted octanol–water partition coefficient (Wildman–Crippen LogP) is 1.90. The fraction of sp³-hybridized carbons (Fsp3) is 0.312. The number of anilines is 2. The second-order valence-electron chi connectivity index (χ2n) is 6.00. The minimum Gasteiger partial charge on any atom is -0.305 e. The third kappa shape index (κ3) is 2.03. The Morgan fingerprint density at radius 3 is 2.55 bits per heavy atom. The van der Waals surface area contributed by atoms with Gasteiger partial charge < -0.3 is 10.3 Å². The van der Waals surface area contributed by atoms with Crippen LogP contribution in [-0.4, -0.2) is 16.1 Å². The number of amides is 1. The van der Waals surface area contributed by atoms with E-state index in [1.165, 1.54) is 0 Å². The maximum absolute atomic E-state index is 12.9. The van der Waals surface area contributed by atoms with E-state index in [1.54, 1.807) is 4.90 Å². The Hall–Kier alpha value is -2.47.